The Bertz CT molecular complexity index is 199. The van der Waals surface area contributed by atoms with Crippen molar-refractivity contribution in [2.75, 3.05) is 0 Å². The van der Waals surface area contributed by atoms with E-state index in [9.17, 15) is 0 Å². The third-order valence-electron chi connectivity index (χ3n) is 0.457. The van der Waals surface area contributed by atoms with Crippen LogP contribution in [0.5, 0.6) is 0 Å². The fourth-order valence-corrected chi connectivity index (χ4v) is 0.239. The SMILES string of the molecule is [2H]c1[c]ccc([2H])c1[2H]. The normalized spacial score (nSPS) is 15.0. The molecule has 29 valence electrons. The molecular formula is C6H5. The summed E-state index contributed by atoms with van der Waals surface area (Å²) < 4.78 is 21.1. The lowest BCUT2D eigenvalue weighted by Gasteiger charge is -1.68. The lowest BCUT2D eigenvalue weighted by Crippen LogP contribution is -1.49. The Morgan fingerprint density at radius 3 is 3.17 bits per heavy atom. The smallest absolute Gasteiger partial charge is 0.0622 e. The van der Waals surface area contributed by atoms with E-state index in [1.54, 1.807) is 0 Å². The predicted octanol–water partition coefficient (Wildman–Crippen LogP) is 1.49. The van der Waals surface area contributed by atoms with Gasteiger partial charge in [0.1, 0.15) is 0 Å². The van der Waals surface area contributed by atoms with Crippen molar-refractivity contribution in [1.82, 2.24) is 0 Å². The van der Waals surface area contributed by atoms with Gasteiger partial charge in [0.2, 0.25) is 0 Å². The first-order valence-electron chi connectivity index (χ1n) is 3.16. The van der Waals surface area contributed by atoms with E-state index >= 15 is 0 Å². The van der Waals surface area contributed by atoms with Crippen LogP contribution in [0.4, 0.5) is 0 Å². The Kier molecular flexibility index (Phi) is 0.368. The van der Waals surface area contributed by atoms with Gasteiger partial charge in [-0.05, 0) is 6.07 Å². The van der Waals surface area contributed by atoms with Crippen LogP contribution in [0.3, 0.4) is 0 Å². The summed E-state index contributed by atoms with van der Waals surface area (Å²) in [5.41, 5.74) is 0. The number of rotatable bonds is 0. The maximum absolute atomic E-state index is 7.04. The molecule has 0 N–H and O–H groups in total. The van der Waals surface area contributed by atoms with Gasteiger partial charge in [-0.1, -0.05) is 30.3 Å². The van der Waals surface area contributed by atoms with E-state index < -0.39 is 0 Å². The van der Waals surface area contributed by atoms with Gasteiger partial charge in [0.05, 0.1) is 4.11 Å². The lowest BCUT2D eigenvalue weighted by molar-refractivity contribution is 1.70. The minimum Gasteiger partial charge on any atom is -0.0622 e. The van der Waals surface area contributed by atoms with Gasteiger partial charge < -0.3 is 0 Å². The third-order valence-corrected chi connectivity index (χ3v) is 0.457. The first kappa shape index (κ1) is 1.38. The van der Waals surface area contributed by atoms with E-state index in [4.69, 9.17) is 4.11 Å². The van der Waals surface area contributed by atoms with Gasteiger partial charge in [-0.3, -0.25) is 0 Å². The van der Waals surface area contributed by atoms with Gasteiger partial charge in [0.25, 0.3) is 0 Å². The van der Waals surface area contributed by atoms with Crippen LogP contribution < -0.4 is 0 Å². The molecule has 0 bridgehead atoms. The molecule has 0 nitrogen and oxygen atoms in total. The zero-order chi connectivity index (χ0) is 6.85. The van der Waals surface area contributed by atoms with Gasteiger partial charge in [-0.15, -0.1) is 0 Å². The first-order valence-corrected chi connectivity index (χ1v) is 1.66. The summed E-state index contributed by atoms with van der Waals surface area (Å²) in [6.45, 7) is 0. The van der Waals surface area contributed by atoms with Crippen molar-refractivity contribution in [2.45, 2.75) is 0 Å². The molecule has 0 atom stereocenters. The zero-order valence-electron chi connectivity index (χ0n) is 6.15. The quantitative estimate of drug-likeness (QED) is 0.443. The first-order chi connectivity index (χ1) is 4.22. The van der Waals surface area contributed by atoms with Crippen molar-refractivity contribution >= 4 is 0 Å². The van der Waals surface area contributed by atoms with Gasteiger partial charge in [0, 0.05) is 0 Å². The molecule has 0 heteroatoms. The average molecular weight is 80.1 g/mol. The highest BCUT2D eigenvalue weighted by atomic mass is 13.6. The molecule has 1 rings (SSSR count). The van der Waals surface area contributed by atoms with Gasteiger partial charge in [-0.2, -0.15) is 0 Å². The lowest BCUT2D eigenvalue weighted by atomic mass is 10.4. The molecule has 1 aromatic carbocycles. The molecule has 0 saturated carbocycles. The minimum absolute atomic E-state index is 0.0116. The van der Waals surface area contributed by atoms with E-state index in [0.29, 0.717) is 0 Å². The molecule has 0 spiro atoms. The van der Waals surface area contributed by atoms with Crippen LogP contribution >= 0.6 is 0 Å². The van der Waals surface area contributed by atoms with E-state index in [1.165, 1.54) is 12.1 Å². The van der Waals surface area contributed by atoms with Crippen molar-refractivity contribution in [3.8, 4) is 0 Å². The molecule has 0 aliphatic heterocycles. The van der Waals surface area contributed by atoms with Gasteiger partial charge >= 0.3 is 0 Å². The Balaban J connectivity index is 3.25. The van der Waals surface area contributed by atoms with Crippen molar-refractivity contribution in [3.05, 3.63) is 36.3 Å². The Labute approximate surface area is 41.6 Å². The summed E-state index contributed by atoms with van der Waals surface area (Å²) in [6.07, 6.45) is 0. The molecule has 6 heavy (non-hydrogen) atoms. The van der Waals surface area contributed by atoms with Crippen molar-refractivity contribution in [2.24, 2.45) is 0 Å². The molecule has 0 heterocycles. The standard InChI is InChI=1S/C6H5/c1-2-4-6-5-3-1/h1-5H/i1D,2D,4D. The summed E-state index contributed by atoms with van der Waals surface area (Å²) in [6, 6.07) is 5.43. The molecule has 0 aromatic heterocycles. The summed E-state index contributed by atoms with van der Waals surface area (Å²) in [4.78, 5) is 0. The van der Waals surface area contributed by atoms with Crippen LogP contribution in [0, 0.1) is 6.07 Å². The largest absolute Gasteiger partial charge is 0.0629 e. The molecular weight excluding hydrogens is 72.1 g/mol. The molecule has 0 amide bonds. The summed E-state index contributed by atoms with van der Waals surface area (Å²) in [7, 11) is 0. The summed E-state index contributed by atoms with van der Waals surface area (Å²) in [5.74, 6) is 0. The maximum atomic E-state index is 7.04. The topological polar surface area (TPSA) is 0 Å². The second-order valence-corrected chi connectivity index (χ2v) is 0.872. The van der Waals surface area contributed by atoms with Crippen LogP contribution in [0.25, 0.3) is 0 Å². The maximum Gasteiger partial charge on any atom is 0.0629 e. The van der Waals surface area contributed by atoms with Gasteiger partial charge in [0.15, 0.2) is 0 Å². The molecule has 0 fully saturated rings. The van der Waals surface area contributed by atoms with Crippen molar-refractivity contribution < 1.29 is 4.11 Å². The average Bonchev–Trinajstić information content (AvgIpc) is 1.83. The van der Waals surface area contributed by atoms with Crippen LogP contribution in [0.2, 0.25) is 0 Å². The van der Waals surface area contributed by atoms with Crippen molar-refractivity contribution in [1.29, 1.82) is 0 Å². The van der Waals surface area contributed by atoms with Crippen LogP contribution in [-0.2, 0) is 0 Å². The number of benzene rings is 1. The van der Waals surface area contributed by atoms with Crippen molar-refractivity contribution in [3.63, 3.8) is 0 Å². The third kappa shape index (κ3) is 0.582. The van der Waals surface area contributed by atoms with E-state index in [-0.39, 0.29) is 18.1 Å². The fraction of sp³-hybridized carbons (Fsp3) is 0. The monoisotopic (exact) mass is 80.1 g/mol. The Morgan fingerprint density at radius 1 is 1.50 bits per heavy atom. The van der Waals surface area contributed by atoms with E-state index in [2.05, 4.69) is 6.07 Å². The van der Waals surface area contributed by atoms with Crippen LogP contribution in [-0.4, -0.2) is 0 Å². The summed E-state index contributed by atoms with van der Waals surface area (Å²) >= 11 is 0. The molecule has 1 aromatic rings. The molecule has 1 radical (unpaired) electrons. The highest BCUT2D eigenvalue weighted by Crippen LogP contribution is 1.78. The number of hydrogen-bond donors (Lipinski definition) is 0. The molecule has 0 saturated heterocycles. The van der Waals surface area contributed by atoms with E-state index in [1.807, 2.05) is 0 Å². The highest BCUT2D eigenvalue weighted by Gasteiger charge is 1.58. The minimum atomic E-state index is -0.0579. The molecule has 0 aliphatic rings. The van der Waals surface area contributed by atoms with Crippen LogP contribution in [0.1, 0.15) is 4.11 Å². The predicted molar refractivity (Wildman–Crippen MR) is 25.3 cm³/mol. The summed E-state index contributed by atoms with van der Waals surface area (Å²) in [5, 5.41) is 0. The second-order valence-electron chi connectivity index (χ2n) is 0.872. The highest BCUT2D eigenvalue weighted by molar-refractivity contribution is 4.97. The fourth-order valence-electron chi connectivity index (χ4n) is 0.239. The number of hydrogen-bond acceptors (Lipinski definition) is 0. The van der Waals surface area contributed by atoms with Gasteiger partial charge in [-0.25, -0.2) is 0 Å². The van der Waals surface area contributed by atoms with Crippen LogP contribution in [0.15, 0.2) is 30.3 Å². The molecule has 0 aliphatic carbocycles. The Hall–Kier alpha value is -0.780. The zero-order valence-corrected chi connectivity index (χ0v) is 3.15. The van der Waals surface area contributed by atoms with E-state index in [0.717, 1.165) is 0 Å². The Morgan fingerprint density at radius 2 is 2.50 bits per heavy atom. The second kappa shape index (κ2) is 1.61. The molecule has 0 unspecified atom stereocenters.